The van der Waals surface area contributed by atoms with Crippen molar-refractivity contribution in [2.45, 2.75) is 10.7 Å². The van der Waals surface area contributed by atoms with Crippen molar-refractivity contribution in [1.29, 1.82) is 0 Å². The predicted molar refractivity (Wildman–Crippen MR) is 63.7 cm³/mol. The van der Waals surface area contributed by atoms with Gasteiger partial charge in [0.15, 0.2) is 0 Å². The highest BCUT2D eigenvalue weighted by molar-refractivity contribution is 8.19. The maximum Gasteiger partial charge on any atom is 0.264 e. The van der Waals surface area contributed by atoms with Crippen molar-refractivity contribution in [2.75, 3.05) is 11.5 Å². The van der Waals surface area contributed by atoms with Crippen molar-refractivity contribution in [3.8, 4) is 5.75 Å². The van der Waals surface area contributed by atoms with E-state index in [0.29, 0.717) is 0 Å². The number of carbonyl (C=O) groups excluding carboxylic acids is 1. The average Bonchev–Trinajstić information content (AvgIpc) is 2.54. The molecule has 0 aromatic heterocycles. The number of thioether (sulfide) groups is 2. The first kappa shape index (κ1) is 9.60. The van der Waals surface area contributed by atoms with Crippen LogP contribution in [-0.4, -0.2) is 21.6 Å². The molecule has 2 aliphatic rings. The fourth-order valence-electron chi connectivity index (χ4n) is 1.80. The molecule has 2 aliphatic heterocycles. The Morgan fingerprint density at radius 3 is 2.67 bits per heavy atom. The Kier molecular flexibility index (Phi) is 2.21. The predicted octanol–water partition coefficient (Wildman–Crippen LogP) is 2.79. The van der Waals surface area contributed by atoms with E-state index in [4.69, 9.17) is 4.74 Å². The summed E-state index contributed by atoms with van der Waals surface area (Å²) < 4.78 is 5.16. The van der Waals surface area contributed by atoms with Crippen LogP contribution in [0.25, 0.3) is 0 Å². The molecular weight excluding hydrogens is 228 g/mol. The van der Waals surface area contributed by atoms with Crippen LogP contribution < -0.4 is 4.74 Å². The summed E-state index contributed by atoms with van der Waals surface area (Å²) in [5.74, 6) is 2.89. The van der Waals surface area contributed by atoms with Gasteiger partial charge in [0.25, 0.3) is 4.27 Å². The van der Waals surface area contributed by atoms with Gasteiger partial charge in [-0.3, -0.25) is 4.79 Å². The van der Waals surface area contributed by atoms with Gasteiger partial charge in [-0.2, -0.15) is 0 Å². The SMILES string of the molecule is O=C1c2ccccc2OC12SCCCS2. The minimum Gasteiger partial charge on any atom is -0.459 e. The van der Waals surface area contributed by atoms with Crippen LogP contribution in [0.2, 0.25) is 0 Å². The maximum atomic E-state index is 12.2. The van der Waals surface area contributed by atoms with Gasteiger partial charge in [-0.1, -0.05) is 35.7 Å². The lowest BCUT2D eigenvalue weighted by Gasteiger charge is -2.29. The summed E-state index contributed by atoms with van der Waals surface area (Å²) in [6, 6.07) is 7.51. The third-order valence-corrected chi connectivity index (χ3v) is 5.52. The number of ether oxygens (including phenoxy) is 1. The second-order valence-corrected chi connectivity index (χ2v) is 6.34. The van der Waals surface area contributed by atoms with Gasteiger partial charge < -0.3 is 4.74 Å². The van der Waals surface area contributed by atoms with Gasteiger partial charge in [0.05, 0.1) is 5.56 Å². The van der Waals surface area contributed by atoms with Crippen molar-refractivity contribution in [1.82, 2.24) is 0 Å². The fourth-order valence-corrected chi connectivity index (χ4v) is 4.71. The molecule has 0 amide bonds. The topological polar surface area (TPSA) is 26.3 Å². The lowest BCUT2D eigenvalue weighted by atomic mass is 10.1. The molecule has 0 saturated carbocycles. The standard InChI is InChI=1S/C11H10O2S2/c12-10-8-4-1-2-5-9(8)13-11(10)14-6-3-7-15-11/h1-2,4-5H,3,6-7H2. The monoisotopic (exact) mass is 238 g/mol. The van der Waals surface area contributed by atoms with Gasteiger partial charge in [-0.15, -0.1) is 0 Å². The molecule has 78 valence electrons. The highest BCUT2D eigenvalue weighted by Crippen LogP contribution is 2.50. The Labute approximate surface area is 96.8 Å². The number of fused-ring (bicyclic) bond motifs is 1. The fraction of sp³-hybridized carbons (Fsp3) is 0.364. The van der Waals surface area contributed by atoms with Gasteiger partial charge in [0.1, 0.15) is 5.75 Å². The second-order valence-electron chi connectivity index (χ2n) is 3.53. The zero-order valence-corrected chi connectivity index (χ0v) is 9.70. The van der Waals surface area contributed by atoms with Gasteiger partial charge in [0.2, 0.25) is 5.78 Å². The number of ketones is 1. The van der Waals surface area contributed by atoms with E-state index in [2.05, 4.69) is 0 Å². The van der Waals surface area contributed by atoms with E-state index in [1.54, 1.807) is 23.5 Å². The molecule has 2 nitrogen and oxygen atoms in total. The molecule has 3 rings (SSSR count). The van der Waals surface area contributed by atoms with Crippen molar-refractivity contribution < 1.29 is 9.53 Å². The van der Waals surface area contributed by atoms with E-state index in [9.17, 15) is 4.79 Å². The van der Waals surface area contributed by atoms with E-state index < -0.39 is 4.27 Å². The van der Waals surface area contributed by atoms with Crippen molar-refractivity contribution in [3.05, 3.63) is 29.8 Å². The smallest absolute Gasteiger partial charge is 0.264 e. The van der Waals surface area contributed by atoms with Gasteiger partial charge in [-0.05, 0) is 30.1 Å². The maximum absolute atomic E-state index is 12.2. The minimum absolute atomic E-state index is 0.132. The van der Waals surface area contributed by atoms with Crippen LogP contribution in [0.3, 0.4) is 0 Å². The second kappa shape index (κ2) is 3.46. The van der Waals surface area contributed by atoms with Crippen molar-refractivity contribution in [3.63, 3.8) is 0 Å². The van der Waals surface area contributed by atoms with E-state index in [0.717, 1.165) is 29.2 Å². The summed E-state index contributed by atoms with van der Waals surface area (Å²) >= 11 is 3.26. The highest BCUT2D eigenvalue weighted by atomic mass is 32.2. The van der Waals surface area contributed by atoms with Crippen molar-refractivity contribution >= 4 is 29.3 Å². The molecular formula is C11H10O2S2. The number of para-hydroxylation sites is 1. The third kappa shape index (κ3) is 1.39. The van der Waals surface area contributed by atoms with E-state index in [1.165, 1.54) is 0 Å². The molecule has 2 heterocycles. The summed E-state index contributed by atoms with van der Waals surface area (Å²) in [5.41, 5.74) is 0.736. The summed E-state index contributed by atoms with van der Waals surface area (Å²) in [6.07, 6.45) is 1.16. The molecule has 4 heteroatoms. The molecule has 0 unspecified atom stereocenters. The quantitative estimate of drug-likeness (QED) is 0.694. The van der Waals surface area contributed by atoms with Crippen LogP contribution in [0.1, 0.15) is 16.8 Å². The summed E-state index contributed by atoms with van der Waals surface area (Å²) in [4.78, 5) is 12.2. The molecule has 1 aromatic carbocycles. The molecule has 1 saturated heterocycles. The van der Waals surface area contributed by atoms with Gasteiger partial charge >= 0.3 is 0 Å². The number of rotatable bonds is 0. The summed E-state index contributed by atoms with van der Waals surface area (Å²) in [5, 5.41) is 0. The normalized spacial score (nSPS) is 22.5. The van der Waals surface area contributed by atoms with Crippen LogP contribution in [0.4, 0.5) is 0 Å². The van der Waals surface area contributed by atoms with Crippen LogP contribution in [-0.2, 0) is 0 Å². The minimum atomic E-state index is -0.665. The van der Waals surface area contributed by atoms with E-state index >= 15 is 0 Å². The molecule has 0 radical (unpaired) electrons. The van der Waals surface area contributed by atoms with E-state index in [1.807, 2.05) is 24.3 Å². The van der Waals surface area contributed by atoms with Gasteiger partial charge in [-0.25, -0.2) is 0 Å². The first-order valence-corrected chi connectivity index (χ1v) is 6.90. The van der Waals surface area contributed by atoms with Crippen LogP contribution >= 0.6 is 23.5 Å². The average molecular weight is 238 g/mol. The zero-order valence-electron chi connectivity index (χ0n) is 8.06. The number of hydrogen-bond donors (Lipinski definition) is 0. The van der Waals surface area contributed by atoms with Crippen molar-refractivity contribution in [2.24, 2.45) is 0 Å². The lowest BCUT2D eigenvalue weighted by Crippen LogP contribution is -2.35. The van der Waals surface area contributed by atoms with Crippen LogP contribution in [0.5, 0.6) is 5.75 Å². The Morgan fingerprint density at radius 2 is 1.93 bits per heavy atom. The van der Waals surface area contributed by atoms with Crippen LogP contribution in [0, 0.1) is 0 Å². The Hall–Kier alpha value is -0.610. The van der Waals surface area contributed by atoms with Crippen LogP contribution in [0.15, 0.2) is 24.3 Å². The first-order chi connectivity index (χ1) is 7.32. The lowest BCUT2D eigenvalue weighted by molar-refractivity contribution is 0.0910. The molecule has 1 fully saturated rings. The molecule has 0 aliphatic carbocycles. The molecule has 1 spiro atoms. The number of carbonyl (C=O) groups is 1. The Bertz CT molecular complexity index is 411. The third-order valence-electron chi connectivity index (χ3n) is 2.53. The van der Waals surface area contributed by atoms with E-state index in [-0.39, 0.29) is 5.78 Å². The number of hydrogen-bond acceptors (Lipinski definition) is 4. The first-order valence-electron chi connectivity index (χ1n) is 4.93. The number of benzene rings is 1. The summed E-state index contributed by atoms with van der Waals surface area (Å²) in [6.45, 7) is 0. The molecule has 0 bridgehead atoms. The molecule has 1 aromatic rings. The largest absolute Gasteiger partial charge is 0.459 e. The molecule has 0 N–H and O–H groups in total. The molecule has 15 heavy (non-hydrogen) atoms. The molecule has 0 atom stereocenters. The highest BCUT2D eigenvalue weighted by Gasteiger charge is 2.50. The summed E-state index contributed by atoms with van der Waals surface area (Å²) in [7, 11) is 0. The Balaban J connectivity index is 2.01. The van der Waals surface area contributed by atoms with Gasteiger partial charge in [0, 0.05) is 0 Å². The number of Topliss-reactive ketones (excluding diaryl/α,β-unsaturated/α-hetero) is 1. The zero-order chi connectivity index (χ0) is 10.3. The Morgan fingerprint density at radius 1 is 1.20 bits per heavy atom.